The molecule has 0 fully saturated rings. The molecule has 0 aliphatic carbocycles. The van der Waals surface area contributed by atoms with Crippen LogP contribution in [0.3, 0.4) is 0 Å². The van der Waals surface area contributed by atoms with E-state index in [4.69, 9.17) is 20.2 Å². The molecule has 2 N–H and O–H groups in total. The maximum atomic E-state index is 12.1. The monoisotopic (exact) mass is 908 g/mol. The number of rotatable bonds is 13. The molecule has 0 unspecified atom stereocenters. The van der Waals surface area contributed by atoms with Crippen molar-refractivity contribution in [1.82, 2.24) is 0 Å². The predicted molar refractivity (Wildman–Crippen MR) is 251 cm³/mol. The van der Waals surface area contributed by atoms with Gasteiger partial charge in [0.15, 0.2) is 0 Å². The van der Waals surface area contributed by atoms with Crippen molar-refractivity contribution in [2.24, 2.45) is 9.98 Å². The number of hydrogen-bond acceptors (Lipinski definition) is 8. The van der Waals surface area contributed by atoms with Crippen LogP contribution in [-0.2, 0) is 16.5 Å². The molecule has 0 heterocycles. The zero-order chi connectivity index (χ0) is 47.2. The summed E-state index contributed by atoms with van der Waals surface area (Å²) < 4.78 is 9.26. The summed E-state index contributed by atoms with van der Waals surface area (Å²) in [5.41, 5.74) is 9.77. The summed E-state index contributed by atoms with van der Waals surface area (Å²) in [7, 11) is 0. The summed E-state index contributed by atoms with van der Waals surface area (Å²) in [6, 6.07) is 20.1. The molecule has 0 saturated carbocycles. The van der Waals surface area contributed by atoms with Gasteiger partial charge in [0.25, 0.3) is 0 Å². The Labute approximate surface area is 386 Å². The van der Waals surface area contributed by atoms with E-state index in [1.807, 2.05) is 67.8 Å². The molecule has 10 nitrogen and oxygen atoms in total. The molecule has 0 aliphatic rings. The minimum absolute atomic E-state index is 0. The molecular formula is C52H70N2NiO8. The molecule has 0 bridgehead atoms. The molecule has 0 radical (unpaired) electrons. The van der Waals surface area contributed by atoms with Gasteiger partial charge >= 0.3 is 28.8 Å². The van der Waals surface area contributed by atoms with E-state index in [9.17, 15) is 19.8 Å². The van der Waals surface area contributed by atoms with Gasteiger partial charge in [0.2, 0.25) is 0 Å². The topological polar surface area (TPSA) is 164 Å². The van der Waals surface area contributed by atoms with Crippen LogP contribution in [0.15, 0.2) is 70.6 Å². The van der Waals surface area contributed by atoms with Crippen molar-refractivity contribution in [2.45, 2.75) is 158 Å². The summed E-state index contributed by atoms with van der Waals surface area (Å²) >= 11 is 0. The van der Waals surface area contributed by atoms with E-state index in [1.165, 1.54) is 22.3 Å². The number of ether oxygens (including phenoxy) is 2. The zero-order valence-electron chi connectivity index (χ0n) is 40.1. The van der Waals surface area contributed by atoms with Gasteiger partial charge < -0.3 is 29.9 Å². The Hall–Kier alpha value is -5.15. The van der Waals surface area contributed by atoms with Crippen molar-refractivity contribution in [3.63, 3.8) is 0 Å². The van der Waals surface area contributed by atoms with Gasteiger partial charge in [0.05, 0.1) is 11.4 Å². The minimum atomic E-state index is -1.45. The summed E-state index contributed by atoms with van der Waals surface area (Å²) in [6.07, 6.45) is 0.803. The third-order valence-corrected chi connectivity index (χ3v) is 10.4. The van der Waals surface area contributed by atoms with E-state index in [0.717, 1.165) is 11.4 Å². The van der Waals surface area contributed by atoms with Gasteiger partial charge in [-0.1, -0.05) is 183 Å². The maximum absolute atomic E-state index is 12.1. The van der Waals surface area contributed by atoms with Crippen LogP contribution < -0.4 is 19.7 Å². The largest absolute Gasteiger partial charge is 2.00 e. The molecular weight excluding hydrogens is 839 g/mol. The van der Waals surface area contributed by atoms with E-state index in [2.05, 4.69) is 101 Å². The van der Waals surface area contributed by atoms with Crippen molar-refractivity contribution in [1.29, 1.82) is 0 Å². The Balaban J connectivity index is 0.000000494. The molecule has 4 aromatic rings. The zero-order valence-corrected chi connectivity index (χ0v) is 41.1. The maximum Gasteiger partial charge on any atom is 2.00 e. The number of hydrogen-bond donors (Lipinski definition) is 2. The van der Waals surface area contributed by atoms with E-state index < -0.39 is 12.3 Å². The Morgan fingerprint density at radius 1 is 0.429 bits per heavy atom. The first-order valence-corrected chi connectivity index (χ1v) is 21.7. The first kappa shape index (κ1) is 55.9. The van der Waals surface area contributed by atoms with Gasteiger partial charge in [-0.3, -0.25) is 9.98 Å². The fourth-order valence-corrected chi connectivity index (χ4v) is 6.93. The van der Waals surface area contributed by atoms with Crippen molar-refractivity contribution < 1.29 is 56.0 Å². The van der Waals surface area contributed by atoms with E-state index in [0.29, 0.717) is 45.9 Å². The second kappa shape index (κ2) is 25.8. The van der Waals surface area contributed by atoms with E-state index >= 15 is 0 Å². The van der Waals surface area contributed by atoms with E-state index in [1.54, 1.807) is 24.3 Å². The van der Waals surface area contributed by atoms with Gasteiger partial charge in [0, 0.05) is 12.4 Å². The van der Waals surface area contributed by atoms with Crippen molar-refractivity contribution in [3.8, 4) is 23.0 Å². The fraction of sp³-hybridized carbons (Fsp3) is 0.462. The Bertz CT molecular complexity index is 1960. The van der Waals surface area contributed by atoms with Crippen LogP contribution in [0.2, 0.25) is 0 Å². The van der Waals surface area contributed by atoms with Gasteiger partial charge in [-0.2, -0.15) is 0 Å². The number of benzene rings is 4. The van der Waals surface area contributed by atoms with Crippen LogP contribution in [0.1, 0.15) is 203 Å². The second-order valence-electron chi connectivity index (χ2n) is 17.9. The van der Waals surface area contributed by atoms with Crippen molar-refractivity contribution in [2.75, 3.05) is 0 Å². The normalized spacial score (nSPS) is 11.5. The molecule has 4 rings (SSSR count). The van der Waals surface area contributed by atoms with Gasteiger partial charge in [-0.25, -0.2) is 9.59 Å². The number of carboxylic acid groups (broad SMARTS) is 2. The fourth-order valence-electron chi connectivity index (χ4n) is 6.93. The minimum Gasteiger partial charge on any atom is -0.870 e. The molecule has 63 heavy (non-hydrogen) atoms. The summed E-state index contributed by atoms with van der Waals surface area (Å²) in [5, 5.41) is 41.5. The smallest absolute Gasteiger partial charge is 0.870 e. The molecule has 11 heteroatoms. The molecule has 0 spiro atoms. The van der Waals surface area contributed by atoms with Gasteiger partial charge in [-0.05, 0) is 91.9 Å². The molecule has 0 saturated heterocycles. The number of carbonyl (C=O) groups is 2. The average molecular weight is 910 g/mol. The molecule has 0 atom stereocenters. The molecule has 4 aromatic carbocycles. The van der Waals surface area contributed by atoms with Gasteiger partial charge in [0.1, 0.15) is 11.5 Å². The molecule has 0 aromatic heterocycles. The Morgan fingerprint density at radius 3 is 0.857 bits per heavy atom. The number of aliphatic imine (C=N–C) groups is 2. The van der Waals surface area contributed by atoms with Crippen LogP contribution in [0, 0.1) is 0 Å². The van der Waals surface area contributed by atoms with Crippen LogP contribution in [-0.4, -0.2) is 35.0 Å². The van der Waals surface area contributed by atoms with Crippen molar-refractivity contribution >= 4 is 36.1 Å². The Kier molecular flexibility index (Phi) is 22.9. The standard InChI is InChI=1S/C26H36N2.2C13H18O4.Ni/c1-17(2)21-11-9-12-22(18(3)4)25(21)27-15-16-28-26-23(19(5)6)13-10-14-24(26)20(7)8;2*1-7(2)9-5-6-10(8(3)4)12(11(9)14)17-13(15)16;/h9-20H,1-8H3;2*5-8,14H,1-4H3,(H,15,16);/q;;;+2/p-2. The summed E-state index contributed by atoms with van der Waals surface area (Å²) in [6.45, 7) is 32.9. The third kappa shape index (κ3) is 15.9. The average Bonchev–Trinajstić information content (AvgIpc) is 3.17. The van der Waals surface area contributed by atoms with Crippen molar-refractivity contribution in [3.05, 3.63) is 105 Å². The molecule has 0 aliphatic heterocycles. The first-order chi connectivity index (χ1) is 28.9. The first-order valence-electron chi connectivity index (χ1n) is 21.7. The van der Waals surface area contributed by atoms with E-state index in [-0.39, 0.29) is 63.2 Å². The quantitative estimate of drug-likeness (QED) is 0.0579. The van der Waals surface area contributed by atoms with Gasteiger partial charge in [-0.15, -0.1) is 0 Å². The second-order valence-corrected chi connectivity index (χ2v) is 17.9. The Morgan fingerprint density at radius 2 is 0.651 bits per heavy atom. The van der Waals surface area contributed by atoms with Crippen LogP contribution >= 0.6 is 0 Å². The van der Waals surface area contributed by atoms with Crippen LogP contribution in [0.4, 0.5) is 21.0 Å². The number of nitrogens with zero attached hydrogens (tertiary/aromatic N) is 2. The van der Waals surface area contributed by atoms with Crippen LogP contribution in [0.25, 0.3) is 0 Å². The summed E-state index contributed by atoms with van der Waals surface area (Å²) in [5.74, 6) is 1.17. The molecule has 346 valence electrons. The third-order valence-electron chi connectivity index (χ3n) is 10.4. The predicted octanol–water partition coefficient (Wildman–Crippen LogP) is 14.4. The molecule has 0 amide bonds. The van der Waals surface area contributed by atoms with Crippen LogP contribution in [0.5, 0.6) is 23.0 Å². The summed E-state index contributed by atoms with van der Waals surface area (Å²) in [4.78, 5) is 30.9. The SMILES string of the molecule is CC(C)c1ccc(C(C)C)c(OC(=O)O)c1[O-].CC(C)c1ccc(C(C)C)c(OC(=O)O)c1[O-].CC(C)c1cccc(C(C)C)c1N=CC=Nc1c(C(C)C)cccc1C(C)C.[Ni+2]. The number of para-hydroxylation sites is 2.